The van der Waals surface area contributed by atoms with Gasteiger partial charge in [-0.15, -0.1) is 5.10 Å². The molecule has 0 saturated carbocycles. The van der Waals surface area contributed by atoms with Crippen LogP contribution in [0.15, 0.2) is 29.4 Å². The summed E-state index contributed by atoms with van der Waals surface area (Å²) in [6.07, 6.45) is 0. The standard InChI is InChI=1S/C13H19N5OS/c1-3-14-8-9-18-13(15-16-17-18)20-10-11-6-4-5-7-12(11)19-2/h4-7,14H,3,8-10H2,1-2H3. The van der Waals surface area contributed by atoms with Crippen LogP contribution in [0.4, 0.5) is 0 Å². The van der Waals surface area contributed by atoms with Gasteiger partial charge in [0.05, 0.1) is 13.7 Å². The summed E-state index contributed by atoms with van der Waals surface area (Å²) in [4.78, 5) is 0. The average molecular weight is 293 g/mol. The first-order valence-electron chi connectivity index (χ1n) is 6.56. The molecule has 2 rings (SSSR count). The van der Waals surface area contributed by atoms with Crippen LogP contribution in [0.25, 0.3) is 0 Å². The quantitative estimate of drug-likeness (QED) is 0.589. The van der Waals surface area contributed by atoms with Crippen LogP contribution in [0.1, 0.15) is 12.5 Å². The van der Waals surface area contributed by atoms with Crippen molar-refractivity contribution in [3.05, 3.63) is 29.8 Å². The molecule has 0 atom stereocenters. The van der Waals surface area contributed by atoms with Crippen LogP contribution in [0, 0.1) is 0 Å². The van der Waals surface area contributed by atoms with Crippen LogP contribution >= 0.6 is 11.8 Å². The molecule has 1 aromatic carbocycles. The summed E-state index contributed by atoms with van der Waals surface area (Å²) < 4.78 is 7.17. The maximum absolute atomic E-state index is 5.34. The van der Waals surface area contributed by atoms with Crippen molar-refractivity contribution < 1.29 is 4.74 Å². The molecule has 0 amide bonds. The fourth-order valence-corrected chi connectivity index (χ4v) is 2.66. The Bertz CT molecular complexity index is 531. The van der Waals surface area contributed by atoms with Crippen LogP contribution in [-0.2, 0) is 12.3 Å². The Labute approximate surface area is 122 Å². The van der Waals surface area contributed by atoms with E-state index < -0.39 is 0 Å². The van der Waals surface area contributed by atoms with Crippen molar-refractivity contribution in [1.29, 1.82) is 0 Å². The number of benzene rings is 1. The Hall–Kier alpha value is -1.60. The van der Waals surface area contributed by atoms with E-state index in [4.69, 9.17) is 4.74 Å². The number of hydrogen-bond donors (Lipinski definition) is 1. The van der Waals surface area contributed by atoms with Crippen molar-refractivity contribution in [3.63, 3.8) is 0 Å². The predicted octanol–water partition coefficient (Wildman–Crippen LogP) is 1.58. The minimum Gasteiger partial charge on any atom is -0.496 e. The number of aromatic nitrogens is 4. The number of likely N-dealkylation sites (N-methyl/N-ethyl adjacent to an activating group) is 1. The zero-order valence-corrected chi connectivity index (χ0v) is 12.6. The zero-order chi connectivity index (χ0) is 14.2. The molecule has 1 N–H and O–H groups in total. The lowest BCUT2D eigenvalue weighted by molar-refractivity contribution is 0.411. The van der Waals surface area contributed by atoms with Crippen molar-refractivity contribution >= 4 is 11.8 Å². The van der Waals surface area contributed by atoms with Crippen molar-refractivity contribution in [2.45, 2.75) is 24.4 Å². The van der Waals surface area contributed by atoms with Crippen LogP contribution < -0.4 is 10.1 Å². The monoisotopic (exact) mass is 293 g/mol. The average Bonchev–Trinajstić information content (AvgIpc) is 2.93. The molecule has 20 heavy (non-hydrogen) atoms. The van der Waals surface area contributed by atoms with Gasteiger partial charge in [-0.1, -0.05) is 36.9 Å². The minimum atomic E-state index is 0.773. The summed E-state index contributed by atoms with van der Waals surface area (Å²) in [7, 11) is 1.68. The highest BCUT2D eigenvalue weighted by Crippen LogP contribution is 2.26. The molecule has 0 saturated heterocycles. The lowest BCUT2D eigenvalue weighted by Crippen LogP contribution is -2.20. The van der Waals surface area contributed by atoms with Crippen molar-refractivity contribution in [1.82, 2.24) is 25.5 Å². The summed E-state index contributed by atoms with van der Waals surface area (Å²) in [5.41, 5.74) is 1.14. The van der Waals surface area contributed by atoms with Crippen LogP contribution in [0.2, 0.25) is 0 Å². The Kier molecular flexibility index (Phi) is 5.82. The smallest absolute Gasteiger partial charge is 0.209 e. The van der Waals surface area contributed by atoms with E-state index in [1.807, 2.05) is 22.9 Å². The van der Waals surface area contributed by atoms with Gasteiger partial charge in [0.15, 0.2) is 0 Å². The van der Waals surface area contributed by atoms with Gasteiger partial charge >= 0.3 is 0 Å². The SMILES string of the molecule is CCNCCn1nnnc1SCc1ccccc1OC. The first-order chi connectivity index (χ1) is 9.85. The molecule has 0 unspecified atom stereocenters. The van der Waals surface area contributed by atoms with Gasteiger partial charge in [0.2, 0.25) is 5.16 Å². The van der Waals surface area contributed by atoms with E-state index in [-0.39, 0.29) is 0 Å². The van der Waals surface area contributed by atoms with E-state index in [0.717, 1.165) is 41.9 Å². The third-order valence-corrected chi connectivity index (χ3v) is 3.80. The molecule has 6 nitrogen and oxygen atoms in total. The predicted molar refractivity (Wildman–Crippen MR) is 78.9 cm³/mol. The van der Waals surface area contributed by atoms with Gasteiger partial charge in [-0.05, 0) is 23.0 Å². The first kappa shape index (κ1) is 14.8. The Morgan fingerprint density at radius 2 is 2.20 bits per heavy atom. The highest BCUT2D eigenvalue weighted by molar-refractivity contribution is 7.98. The van der Waals surface area contributed by atoms with E-state index in [2.05, 4.69) is 33.8 Å². The van der Waals surface area contributed by atoms with E-state index >= 15 is 0 Å². The van der Waals surface area contributed by atoms with Crippen LogP contribution in [0.5, 0.6) is 5.75 Å². The number of hydrogen-bond acceptors (Lipinski definition) is 6. The highest BCUT2D eigenvalue weighted by Gasteiger charge is 2.08. The lowest BCUT2D eigenvalue weighted by Gasteiger charge is -2.08. The Morgan fingerprint density at radius 3 is 3.00 bits per heavy atom. The second-order valence-electron chi connectivity index (χ2n) is 4.14. The number of thioether (sulfide) groups is 1. The molecule has 1 aromatic heterocycles. The largest absolute Gasteiger partial charge is 0.496 e. The molecule has 0 fully saturated rings. The second-order valence-corrected chi connectivity index (χ2v) is 5.08. The highest BCUT2D eigenvalue weighted by atomic mass is 32.2. The molecule has 0 bridgehead atoms. The van der Waals surface area contributed by atoms with Gasteiger partial charge in [-0.25, -0.2) is 4.68 Å². The normalized spacial score (nSPS) is 10.7. The lowest BCUT2D eigenvalue weighted by atomic mass is 10.2. The zero-order valence-electron chi connectivity index (χ0n) is 11.7. The molecule has 0 aliphatic rings. The fraction of sp³-hybridized carbons (Fsp3) is 0.462. The third-order valence-electron chi connectivity index (χ3n) is 2.80. The molecule has 0 aliphatic carbocycles. The van der Waals surface area contributed by atoms with E-state index in [1.54, 1.807) is 18.9 Å². The van der Waals surface area contributed by atoms with E-state index in [9.17, 15) is 0 Å². The summed E-state index contributed by atoms with van der Waals surface area (Å²) in [6, 6.07) is 7.99. The molecular formula is C13H19N5OS. The molecule has 0 aliphatic heterocycles. The van der Waals surface area contributed by atoms with Crippen LogP contribution in [-0.4, -0.2) is 40.4 Å². The number of para-hydroxylation sites is 1. The number of nitrogens with zero attached hydrogens (tertiary/aromatic N) is 4. The maximum atomic E-state index is 5.34. The van der Waals surface area contributed by atoms with E-state index in [0.29, 0.717) is 0 Å². The van der Waals surface area contributed by atoms with Crippen molar-refractivity contribution in [3.8, 4) is 5.75 Å². The van der Waals surface area contributed by atoms with Gasteiger partial charge < -0.3 is 10.1 Å². The number of tetrazole rings is 1. The summed E-state index contributed by atoms with van der Waals surface area (Å²) in [5.74, 6) is 1.68. The first-order valence-corrected chi connectivity index (χ1v) is 7.55. The summed E-state index contributed by atoms with van der Waals surface area (Å²) in [6.45, 7) is 4.67. The molecule has 7 heteroatoms. The number of rotatable bonds is 8. The Balaban J connectivity index is 1.95. The van der Waals surface area contributed by atoms with Gasteiger partial charge in [0.25, 0.3) is 0 Å². The summed E-state index contributed by atoms with van der Waals surface area (Å²) in [5, 5.41) is 15.9. The third kappa shape index (κ3) is 3.94. The van der Waals surface area contributed by atoms with Crippen LogP contribution in [0.3, 0.4) is 0 Å². The number of nitrogens with one attached hydrogen (secondary N) is 1. The molecule has 0 spiro atoms. The van der Waals surface area contributed by atoms with E-state index in [1.165, 1.54) is 0 Å². The number of ether oxygens (including phenoxy) is 1. The molecule has 2 aromatic rings. The minimum absolute atomic E-state index is 0.773. The molecule has 0 radical (unpaired) electrons. The molecule has 1 heterocycles. The molecule has 108 valence electrons. The Morgan fingerprint density at radius 1 is 1.35 bits per heavy atom. The van der Waals surface area contributed by atoms with Gasteiger partial charge in [0, 0.05) is 17.9 Å². The molecular weight excluding hydrogens is 274 g/mol. The van der Waals surface area contributed by atoms with Gasteiger partial charge in [0.1, 0.15) is 5.75 Å². The number of methoxy groups -OCH3 is 1. The topological polar surface area (TPSA) is 64.9 Å². The van der Waals surface area contributed by atoms with Crippen molar-refractivity contribution in [2.75, 3.05) is 20.2 Å². The summed E-state index contributed by atoms with van der Waals surface area (Å²) >= 11 is 1.61. The fourth-order valence-electron chi connectivity index (χ4n) is 1.77. The van der Waals surface area contributed by atoms with Gasteiger partial charge in [-0.3, -0.25) is 0 Å². The van der Waals surface area contributed by atoms with Crippen molar-refractivity contribution in [2.24, 2.45) is 0 Å². The second kappa shape index (κ2) is 7.86. The van der Waals surface area contributed by atoms with Gasteiger partial charge in [-0.2, -0.15) is 0 Å². The maximum Gasteiger partial charge on any atom is 0.209 e.